The van der Waals surface area contributed by atoms with Gasteiger partial charge in [-0.3, -0.25) is 4.79 Å². The number of hydrogen-bond acceptors (Lipinski definition) is 2. The number of halogens is 3. The molecule has 6 heteroatoms. The Morgan fingerprint density at radius 3 is 2.47 bits per heavy atom. The Morgan fingerprint density at radius 2 is 2.07 bits per heavy atom. The molecule has 1 amide bonds. The molecule has 0 heterocycles. The third kappa shape index (κ3) is 4.51. The summed E-state index contributed by atoms with van der Waals surface area (Å²) in [5, 5.41) is 2.75. The van der Waals surface area contributed by atoms with E-state index in [-0.39, 0.29) is 12.5 Å². The van der Waals surface area contributed by atoms with Gasteiger partial charge in [0.15, 0.2) is 0 Å². The number of amides is 1. The lowest BCUT2D eigenvalue weighted by Gasteiger charge is -2.23. The number of rotatable bonds is 5. The maximum absolute atomic E-state index is 12.2. The average Bonchev–Trinajstić information content (AvgIpc) is 2.92. The summed E-state index contributed by atoms with van der Waals surface area (Å²) in [5.74, 6) is -0.413. The molecule has 88 valence electrons. The molecule has 1 aliphatic rings. The quantitative estimate of drug-likeness (QED) is 0.759. The van der Waals surface area contributed by atoms with Crippen LogP contribution in [0.3, 0.4) is 0 Å². The summed E-state index contributed by atoms with van der Waals surface area (Å²) < 4.78 is 36.5. The Morgan fingerprint density at radius 1 is 1.47 bits per heavy atom. The summed E-state index contributed by atoms with van der Waals surface area (Å²) in [6.07, 6.45) is -2.77. The topological polar surface area (TPSA) is 32.3 Å². The minimum absolute atomic E-state index is 0.128. The van der Waals surface area contributed by atoms with Crippen LogP contribution >= 0.6 is 0 Å². The van der Waals surface area contributed by atoms with Crippen LogP contribution < -0.4 is 5.32 Å². The Labute approximate surface area is 86.6 Å². The fraction of sp³-hybridized carbons (Fsp3) is 0.889. The summed E-state index contributed by atoms with van der Waals surface area (Å²) in [7, 11) is 1.67. The molecule has 1 N–H and O–H groups in total. The largest absolute Gasteiger partial charge is 0.406 e. The molecule has 0 spiro atoms. The summed E-state index contributed by atoms with van der Waals surface area (Å²) in [5.41, 5.74) is 0. The van der Waals surface area contributed by atoms with Crippen LogP contribution in [0.1, 0.15) is 19.3 Å². The molecule has 0 saturated heterocycles. The normalized spacial score (nSPS) is 16.5. The first-order valence-corrected chi connectivity index (χ1v) is 4.95. The molecule has 0 radical (unpaired) electrons. The number of nitrogens with one attached hydrogen (secondary N) is 1. The van der Waals surface area contributed by atoms with Gasteiger partial charge in [0.05, 0.1) is 0 Å². The third-order valence-corrected chi connectivity index (χ3v) is 2.25. The molecular weight excluding hydrogens is 209 g/mol. The van der Waals surface area contributed by atoms with Crippen LogP contribution in [0.15, 0.2) is 0 Å². The van der Waals surface area contributed by atoms with Gasteiger partial charge in [-0.2, -0.15) is 13.2 Å². The third-order valence-electron chi connectivity index (χ3n) is 2.25. The Balaban J connectivity index is 2.46. The van der Waals surface area contributed by atoms with Crippen LogP contribution in [-0.2, 0) is 4.79 Å². The highest BCUT2D eigenvalue weighted by Crippen LogP contribution is 2.30. The Kier molecular flexibility index (Phi) is 3.96. The van der Waals surface area contributed by atoms with Gasteiger partial charge >= 0.3 is 6.18 Å². The van der Waals surface area contributed by atoms with Crippen molar-refractivity contribution in [1.29, 1.82) is 0 Å². The van der Waals surface area contributed by atoms with E-state index in [1.54, 1.807) is 7.05 Å². The molecule has 0 atom stereocenters. The summed E-state index contributed by atoms with van der Waals surface area (Å²) in [6.45, 7) is -0.694. The van der Waals surface area contributed by atoms with Gasteiger partial charge < -0.3 is 10.2 Å². The van der Waals surface area contributed by atoms with Gasteiger partial charge in [-0.15, -0.1) is 0 Å². The van der Waals surface area contributed by atoms with E-state index in [0.717, 1.165) is 4.90 Å². The Bertz CT molecular complexity index is 226. The van der Waals surface area contributed by atoms with Crippen LogP contribution in [0.4, 0.5) is 13.2 Å². The zero-order valence-corrected chi connectivity index (χ0v) is 8.60. The van der Waals surface area contributed by atoms with Crippen molar-refractivity contribution in [2.75, 3.05) is 20.1 Å². The number of alkyl halides is 3. The molecule has 1 fully saturated rings. The van der Waals surface area contributed by atoms with Crippen molar-refractivity contribution in [3.8, 4) is 0 Å². The zero-order valence-electron chi connectivity index (χ0n) is 8.60. The van der Waals surface area contributed by atoms with Crippen molar-refractivity contribution < 1.29 is 18.0 Å². The van der Waals surface area contributed by atoms with E-state index >= 15 is 0 Å². The molecular formula is C9H15F3N2O. The second-order valence-electron chi connectivity index (χ2n) is 3.72. The second-order valence-corrected chi connectivity index (χ2v) is 3.72. The summed E-state index contributed by atoms with van der Waals surface area (Å²) >= 11 is 0. The monoisotopic (exact) mass is 224 g/mol. The van der Waals surface area contributed by atoms with Crippen molar-refractivity contribution in [2.45, 2.75) is 31.5 Å². The smallest absolute Gasteiger partial charge is 0.331 e. The predicted octanol–water partition coefficient (Wildman–Crippen LogP) is 1.15. The summed E-state index contributed by atoms with van der Waals surface area (Å²) in [6, 6.07) is -0.184. The molecule has 1 saturated carbocycles. The molecule has 0 aromatic rings. The minimum Gasteiger partial charge on any atom is -0.331 e. The average molecular weight is 224 g/mol. The minimum atomic E-state index is -4.29. The maximum Gasteiger partial charge on any atom is 0.406 e. The predicted molar refractivity (Wildman–Crippen MR) is 49.3 cm³/mol. The van der Waals surface area contributed by atoms with Gasteiger partial charge in [-0.25, -0.2) is 0 Å². The lowest BCUT2D eigenvalue weighted by Crippen LogP contribution is -2.41. The van der Waals surface area contributed by atoms with Crippen LogP contribution in [0, 0.1) is 0 Å². The standard InChI is InChI=1S/C9H15F3N2O/c1-13-5-4-8(15)14(7-2-3-7)6-9(10,11)12/h7,13H,2-6H2,1H3. The first-order valence-electron chi connectivity index (χ1n) is 4.95. The molecule has 0 bridgehead atoms. The van der Waals surface area contributed by atoms with E-state index < -0.39 is 18.6 Å². The van der Waals surface area contributed by atoms with Gasteiger partial charge in [0.1, 0.15) is 6.54 Å². The molecule has 0 aliphatic heterocycles. The van der Waals surface area contributed by atoms with Gasteiger partial charge in [0.2, 0.25) is 5.91 Å². The van der Waals surface area contributed by atoms with E-state index in [4.69, 9.17) is 0 Å². The fourth-order valence-corrected chi connectivity index (χ4v) is 1.38. The molecule has 0 aromatic carbocycles. The van der Waals surface area contributed by atoms with Crippen LogP contribution in [0.25, 0.3) is 0 Å². The van der Waals surface area contributed by atoms with Crippen molar-refractivity contribution in [2.24, 2.45) is 0 Å². The highest BCUT2D eigenvalue weighted by atomic mass is 19.4. The molecule has 3 nitrogen and oxygen atoms in total. The molecule has 1 rings (SSSR count). The van der Waals surface area contributed by atoms with Crippen LogP contribution in [-0.4, -0.2) is 43.2 Å². The number of carbonyl (C=O) groups excluding carboxylic acids is 1. The Hall–Kier alpha value is -0.780. The molecule has 1 aliphatic carbocycles. The van der Waals surface area contributed by atoms with Crippen molar-refractivity contribution in [1.82, 2.24) is 10.2 Å². The van der Waals surface area contributed by atoms with E-state index in [9.17, 15) is 18.0 Å². The van der Waals surface area contributed by atoms with Crippen molar-refractivity contribution >= 4 is 5.91 Å². The lowest BCUT2D eigenvalue weighted by molar-refractivity contribution is -0.162. The van der Waals surface area contributed by atoms with Gasteiger partial charge in [-0.1, -0.05) is 0 Å². The molecule has 0 aromatic heterocycles. The summed E-state index contributed by atoms with van der Waals surface area (Å²) in [4.78, 5) is 12.4. The first kappa shape index (κ1) is 12.3. The van der Waals surface area contributed by atoms with E-state index in [1.807, 2.05) is 0 Å². The SMILES string of the molecule is CNCCC(=O)N(CC(F)(F)F)C1CC1. The van der Waals surface area contributed by atoms with Crippen LogP contribution in [0.5, 0.6) is 0 Å². The second kappa shape index (κ2) is 4.83. The fourth-order valence-electron chi connectivity index (χ4n) is 1.38. The van der Waals surface area contributed by atoms with E-state index in [2.05, 4.69) is 5.32 Å². The van der Waals surface area contributed by atoms with Crippen molar-refractivity contribution in [3.05, 3.63) is 0 Å². The van der Waals surface area contributed by atoms with Gasteiger partial charge in [0, 0.05) is 19.0 Å². The molecule has 15 heavy (non-hydrogen) atoms. The van der Waals surface area contributed by atoms with E-state index in [0.29, 0.717) is 19.4 Å². The highest BCUT2D eigenvalue weighted by molar-refractivity contribution is 5.77. The van der Waals surface area contributed by atoms with Gasteiger partial charge in [0.25, 0.3) is 0 Å². The number of nitrogens with zero attached hydrogens (tertiary/aromatic N) is 1. The highest BCUT2D eigenvalue weighted by Gasteiger charge is 2.40. The maximum atomic E-state index is 12.2. The van der Waals surface area contributed by atoms with Crippen molar-refractivity contribution in [3.63, 3.8) is 0 Å². The van der Waals surface area contributed by atoms with Crippen LogP contribution in [0.2, 0.25) is 0 Å². The number of carbonyl (C=O) groups is 1. The zero-order chi connectivity index (χ0) is 11.5. The molecule has 0 unspecified atom stereocenters. The first-order chi connectivity index (χ1) is 6.94. The lowest BCUT2D eigenvalue weighted by atomic mass is 10.3. The van der Waals surface area contributed by atoms with E-state index in [1.165, 1.54) is 0 Å². The number of hydrogen-bond donors (Lipinski definition) is 1. The van der Waals surface area contributed by atoms with Gasteiger partial charge in [-0.05, 0) is 19.9 Å².